The van der Waals surface area contributed by atoms with Gasteiger partial charge >= 0.3 is 0 Å². The van der Waals surface area contributed by atoms with Crippen molar-refractivity contribution in [1.29, 1.82) is 0 Å². The summed E-state index contributed by atoms with van der Waals surface area (Å²) in [5, 5.41) is 7.17. The second-order valence-corrected chi connectivity index (χ2v) is 6.42. The van der Waals surface area contributed by atoms with Crippen molar-refractivity contribution in [2.75, 3.05) is 0 Å². The van der Waals surface area contributed by atoms with Gasteiger partial charge in [0, 0.05) is 22.8 Å². The van der Waals surface area contributed by atoms with Crippen LogP contribution in [0.5, 0.6) is 0 Å². The fourth-order valence-corrected chi connectivity index (χ4v) is 3.44. The van der Waals surface area contributed by atoms with Gasteiger partial charge in [-0.25, -0.2) is 0 Å². The van der Waals surface area contributed by atoms with Crippen LogP contribution in [0.3, 0.4) is 0 Å². The number of nitrogens with zero attached hydrogens (tertiary/aromatic N) is 3. The molecule has 3 rings (SSSR count). The Morgan fingerprint density at radius 1 is 1.40 bits per heavy atom. The van der Waals surface area contributed by atoms with Crippen molar-refractivity contribution in [3.05, 3.63) is 50.6 Å². The predicted molar refractivity (Wildman–Crippen MR) is 83.8 cm³/mol. The number of H-pyrrole nitrogens is 1. The molecular formula is C13H11ClN4S2. The molecule has 3 aromatic heterocycles. The summed E-state index contributed by atoms with van der Waals surface area (Å²) in [6.07, 6.45) is 3.51. The molecule has 0 amide bonds. The van der Waals surface area contributed by atoms with E-state index in [4.69, 9.17) is 23.8 Å². The Hall–Kier alpha value is -1.50. The Kier molecular flexibility index (Phi) is 3.69. The van der Waals surface area contributed by atoms with Crippen LogP contribution >= 0.6 is 35.2 Å². The molecule has 4 nitrogen and oxygen atoms in total. The van der Waals surface area contributed by atoms with E-state index in [2.05, 4.69) is 22.1 Å². The molecule has 0 radical (unpaired) electrons. The average molecular weight is 323 g/mol. The van der Waals surface area contributed by atoms with Crippen LogP contribution in [-0.4, -0.2) is 19.7 Å². The van der Waals surface area contributed by atoms with E-state index in [1.165, 1.54) is 0 Å². The van der Waals surface area contributed by atoms with Gasteiger partial charge in [0.25, 0.3) is 0 Å². The quantitative estimate of drug-likeness (QED) is 0.730. The lowest BCUT2D eigenvalue weighted by atomic mass is 10.2. The standard InChI is InChI=1S/C13H11ClN4S2/c1-8(10-4-5-11(14)20-10)18-12(16-17-13(18)19)9-3-2-6-15-7-9/h2-8H,1H3,(H,17,19). The molecule has 0 bridgehead atoms. The highest BCUT2D eigenvalue weighted by Crippen LogP contribution is 2.31. The summed E-state index contributed by atoms with van der Waals surface area (Å²) in [6, 6.07) is 7.81. The minimum Gasteiger partial charge on any atom is -0.292 e. The molecule has 0 aliphatic rings. The van der Waals surface area contributed by atoms with Gasteiger partial charge in [0.05, 0.1) is 10.4 Å². The number of thiophene rings is 1. The van der Waals surface area contributed by atoms with Gasteiger partial charge in [-0.05, 0) is 43.4 Å². The molecule has 0 aromatic carbocycles. The van der Waals surface area contributed by atoms with Gasteiger partial charge in [-0.2, -0.15) is 5.10 Å². The molecule has 1 atom stereocenters. The number of nitrogens with one attached hydrogen (secondary N) is 1. The van der Waals surface area contributed by atoms with Crippen molar-refractivity contribution >= 4 is 35.2 Å². The second-order valence-electron chi connectivity index (χ2n) is 4.28. The number of rotatable bonds is 3. The van der Waals surface area contributed by atoms with Crippen LogP contribution in [0.1, 0.15) is 17.8 Å². The van der Waals surface area contributed by atoms with Gasteiger partial charge in [-0.1, -0.05) is 11.6 Å². The maximum atomic E-state index is 6.01. The second kappa shape index (κ2) is 5.47. The van der Waals surface area contributed by atoms with E-state index in [1.807, 2.05) is 28.8 Å². The lowest BCUT2D eigenvalue weighted by Gasteiger charge is -2.13. The lowest BCUT2D eigenvalue weighted by molar-refractivity contribution is 0.646. The number of aromatic amines is 1. The Morgan fingerprint density at radius 3 is 2.90 bits per heavy atom. The Balaban J connectivity index is 2.10. The monoisotopic (exact) mass is 322 g/mol. The molecule has 3 heterocycles. The lowest BCUT2D eigenvalue weighted by Crippen LogP contribution is -2.07. The van der Waals surface area contributed by atoms with Crippen LogP contribution < -0.4 is 0 Å². The zero-order chi connectivity index (χ0) is 14.1. The molecule has 7 heteroatoms. The maximum absolute atomic E-state index is 6.01. The predicted octanol–water partition coefficient (Wildman–Crippen LogP) is 4.33. The third-order valence-corrected chi connectivity index (χ3v) is 4.71. The van der Waals surface area contributed by atoms with Crippen molar-refractivity contribution in [1.82, 2.24) is 19.7 Å². The van der Waals surface area contributed by atoms with Gasteiger partial charge in [0.15, 0.2) is 10.6 Å². The summed E-state index contributed by atoms with van der Waals surface area (Å²) in [5.74, 6) is 0.778. The van der Waals surface area contributed by atoms with Gasteiger partial charge in [0.1, 0.15) is 0 Å². The largest absolute Gasteiger partial charge is 0.292 e. The van der Waals surface area contributed by atoms with Crippen molar-refractivity contribution in [2.24, 2.45) is 0 Å². The first kappa shape index (κ1) is 13.5. The van der Waals surface area contributed by atoms with Crippen LogP contribution in [-0.2, 0) is 0 Å². The van der Waals surface area contributed by atoms with Gasteiger partial charge in [-0.15, -0.1) is 11.3 Å². The van der Waals surface area contributed by atoms with E-state index in [0.29, 0.717) is 4.77 Å². The Bertz CT molecular complexity index is 775. The number of aromatic nitrogens is 4. The fraction of sp³-hybridized carbons (Fsp3) is 0.154. The van der Waals surface area contributed by atoms with Crippen molar-refractivity contribution < 1.29 is 0 Å². The van der Waals surface area contributed by atoms with Crippen LogP contribution in [0, 0.1) is 4.77 Å². The van der Waals surface area contributed by atoms with E-state index in [-0.39, 0.29) is 6.04 Å². The molecule has 0 saturated heterocycles. The van der Waals surface area contributed by atoms with Gasteiger partial charge in [-0.3, -0.25) is 14.6 Å². The molecule has 20 heavy (non-hydrogen) atoms. The fourth-order valence-electron chi connectivity index (χ4n) is 2.04. The highest BCUT2D eigenvalue weighted by molar-refractivity contribution is 7.71. The van der Waals surface area contributed by atoms with E-state index in [1.54, 1.807) is 23.7 Å². The number of pyridine rings is 1. The van der Waals surface area contributed by atoms with Crippen LogP contribution in [0.4, 0.5) is 0 Å². The number of halogens is 1. The highest BCUT2D eigenvalue weighted by Gasteiger charge is 2.17. The first-order valence-electron chi connectivity index (χ1n) is 5.99. The van der Waals surface area contributed by atoms with Crippen molar-refractivity contribution in [2.45, 2.75) is 13.0 Å². The van der Waals surface area contributed by atoms with Crippen molar-refractivity contribution in [3.63, 3.8) is 0 Å². The smallest absolute Gasteiger partial charge is 0.196 e. The molecule has 0 spiro atoms. The third kappa shape index (κ3) is 2.42. The Morgan fingerprint density at radius 2 is 2.25 bits per heavy atom. The molecular weight excluding hydrogens is 312 g/mol. The van der Waals surface area contributed by atoms with Crippen molar-refractivity contribution in [3.8, 4) is 11.4 Å². The molecule has 1 N–H and O–H groups in total. The summed E-state index contributed by atoms with van der Waals surface area (Å²) in [6.45, 7) is 2.08. The first-order chi connectivity index (χ1) is 9.66. The summed E-state index contributed by atoms with van der Waals surface area (Å²) in [4.78, 5) is 5.26. The number of hydrogen-bond donors (Lipinski definition) is 1. The first-order valence-corrected chi connectivity index (χ1v) is 7.59. The normalized spacial score (nSPS) is 12.5. The molecule has 102 valence electrons. The molecule has 0 fully saturated rings. The van der Waals surface area contributed by atoms with Gasteiger partial charge in [0.2, 0.25) is 0 Å². The van der Waals surface area contributed by atoms with Crippen LogP contribution in [0.25, 0.3) is 11.4 Å². The minimum absolute atomic E-state index is 0.0638. The zero-order valence-electron chi connectivity index (χ0n) is 10.6. The minimum atomic E-state index is 0.0638. The average Bonchev–Trinajstić information content (AvgIpc) is 3.05. The summed E-state index contributed by atoms with van der Waals surface area (Å²) in [5.41, 5.74) is 0.925. The third-order valence-electron chi connectivity index (χ3n) is 3.02. The molecule has 1 unspecified atom stereocenters. The highest BCUT2D eigenvalue weighted by atomic mass is 35.5. The van der Waals surface area contributed by atoms with Crippen LogP contribution in [0.2, 0.25) is 4.34 Å². The van der Waals surface area contributed by atoms with Crippen LogP contribution in [0.15, 0.2) is 36.7 Å². The van der Waals surface area contributed by atoms with E-state index >= 15 is 0 Å². The van der Waals surface area contributed by atoms with E-state index in [0.717, 1.165) is 20.6 Å². The SMILES string of the molecule is CC(c1ccc(Cl)s1)n1c(-c2cccnc2)n[nH]c1=S. The molecule has 0 aliphatic heterocycles. The number of hydrogen-bond acceptors (Lipinski definition) is 4. The Labute approximate surface area is 130 Å². The molecule has 0 saturated carbocycles. The van der Waals surface area contributed by atoms with E-state index in [9.17, 15) is 0 Å². The summed E-state index contributed by atoms with van der Waals surface area (Å²) < 4.78 is 3.33. The van der Waals surface area contributed by atoms with Gasteiger partial charge < -0.3 is 0 Å². The maximum Gasteiger partial charge on any atom is 0.196 e. The molecule has 0 aliphatic carbocycles. The summed E-state index contributed by atoms with van der Waals surface area (Å²) >= 11 is 12.9. The molecule has 3 aromatic rings. The topological polar surface area (TPSA) is 46.5 Å². The summed E-state index contributed by atoms with van der Waals surface area (Å²) in [7, 11) is 0. The zero-order valence-corrected chi connectivity index (χ0v) is 13.0. The van der Waals surface area contributed by atoms with E-state index < -0.39 is 0 Å².